The van der Waals surface area contributed by atoms with Gasteiger partial charge in [-0.25, -0.2) is 14.8 Å². The van der Waals surface area contributed by atoms with Crippen LogP contribution in [0.5, 0.6) is 0 Å². The van der Waals surface area contributed by atoms with Crippen molar-refractivity contribution in [3.63, 3.8) is 0 Å². The number of carbonyl (C=O) groups is 1. The van der Waals surface area contributed by atoms with Gasteiger partial charge in [-0.1, -0.05) is 18.2 Å². The average molecular weight is 325 g/mol. The van der Waals surface area contributed by atoms with Gasteiger partial charge in [-0.2, -0.15) is 0 Å². The van der Waals surface area contributed by atoms with E-state index in [1.807, 2.05) is 6.07 Å². The fraction of sp³-hybridized carbons (Fsp3) is 0.421. The van der Waals surface area contributed by atoms with Crippen LogP contribution in [0.3, 0.4) is 0 Å². The van der Waals surface area contributed by atoms with Gasteiger partial charge in [0.2, 0.25) is 0 Å². The van der Waals surface area contributed by atoms with Gasteiger partial charge in [0, 0.05) is 37.6 Å². The minimum atomic E-state index is -0.361. The van der Waals surface area contributed by atoms with Gasteiger partial charge < -0.3 is 9.64 Å². The lowest BCUT2D eigenvalue weighted by Crippen LogP contribution is -2.34. The van der Waals surface area contributed by atoms with Gasteiger partial charge in [0.25, 0.3) is 0 Å². The fourth-order valence-electron chi connectivity index (χ4n) is 3.07. The summed E-state index contributed by atoms with van der Waals surface area (Å²) in [6.07, 6.45) is 6.28. The smallest absolute Gasteiger partial charge is 0.341 e. The molecule has 2 heterocycles. The Morgan fingerprint density at radius 2 is 1.83 bits per heavy atom. The number of rotatable bonds is 5. The van der Waals surface area contributed by atoms with Crippen LogP contribution in [-0.4, -0.2) is 35.6 Å². The topological polar surface area (TPSA) is 55.3 Å². The molecule has 126 valence electrons. The summed E-state index contributed by atoms with van der Waals surface area (Å²) in [7, 11) is 0. The summed E-state index contributed by atoms with van der Waals surface area (Å²) in [4.78, 5) is 22.7. The van der Waals surface area contributed by atoms with Gasteiger partial charge in [0.05, 0.1) is 12.2 Å². The summed E-state index contributed by atoms with van der Waals surface area (Å²) in [5, 5.41) is 0. The van der Waals surface area contributed by atoms with E-state index in [-0.39, 0.29) is 5.97 Å². The number of piperidine rings is 1. The molecule has 1 aliphatic rings. The van der Waals surface area contributed by atoms with Gasteiger partial charge in [-0.05, 0) is 37.8 Å². The largest absolute Gasteiger partial charge is 0.462 e. The first-order valence-electron chi connectivity index (χ1n) is 8.54. The maximum Gasteiger partial charge on any atom is 0.341 e. The number of aromatic nitrogens is 2. The normalized spacial score (nSPS) is 15.3. The van der Waals surface area contributed by atoms with Crippen molar-refractivity contribution in [3.05, 3.63) is 54.1 Å². The van der Waals surface area contributed by atoms with Crippen LogP contribution in [0, 0.1) is 5.92 Å². The highest BCUT2D eigenvalue weighted by Gasteiger charge is 2.20. The lowest BCUT2D eigenvalue weighted by atomic mass is 9.93. The second kappa shape index (κ2) is 7.90. The zero-order chi connectivity index (χ0) is 16.8. The average Bonchev–Trinajstić information content (AvgIpc) is 2.64. The van der Waals surface area contributed by atoms with Crippen LogP contribution >= 0.6 is 0 Å². The first-order chi connectivity index (χ1) is 11.8. The molecule has 3 rings (SSSR count). The summed E-state index contributed by atoms with van der Waals surface area (Å²) >= 11 is 0. The van der Waals surface area contributed by atoms with Crippen LogP contribution in [0.4, 0.5) is 5.69 Å². The molecule has 1 aliphatic heterocycles. The maximum absolute atomic E-state index is 11.6. The van der Waals surface area contributed by atoms with Crippen molar-refractivity contribution in [2.45, 2.75) is 26.2 Å². The molecule has 1 fully saturated rings. The lowest BCUT2D eigenvalue weighted by molar-refractivity contribution is 0.0525. The van der Waals surface area contributed by atoms with E-state index in [4.69, 9.17) is 4.74 Å². The second-order valence-corrected chi connectivity index (χ2v) is 6.08. The first kappa shape index (κ1) is 16.4. The SMILES string of the molecule is CCOC(=O)c1cnc(CC2CCN(c3ccccc3)CC2)nc1. The maximum atomic E-state index is 11.6. The van der Waals surface area contributed by atoms with Gasteiger partial charge >= 0.3 is 5.97 Å². The Morgan fingerprint density at radius 3 is 2.46 bits per heavy atom. The summed E-state index contributed by atoms with van der Waals surface area (Å²) in [5.74, 6) is 1.04. The zero-order valence-corrected chi connectivity index (χ0v) is 14.0. The van der Waals surface area contributed by atoms with Crippen LogP contribution in [0.15, 0.2) is 42.7 Å². The van der Waals surface area contributed by atoms with Crippen LogP contribution < -0.4 is 4.90 Å². The van der Waals surface area contributed by atoms with E-state index in [0.29, 0.717) is 18.1 Å². The number of anilines is 1. The van der Waals surface area contributed by atoms with Crippen molar-refractivity contribution in [1.82, 2.24) is 9.97 Å². The minimum Gasteiger partial charge on any atom is -0.462 e. The fourth-order valence-corrected chi connectivity index (χ4v) is 3.07. The molecule has 1 aromatic carbocycles. The number of hydrogen-bond donors (Lipinski definition) is 0. The van der Waals surface area contributed by atoms with E-state index in [0.717, 1.165) is 38.2 Å². The second-order valence-electron chi connectivity index (χ2n) is 6.08. The molecule has 5 nitrogen and oxygen atoms in total. The molecule has 0 N–H and O–H groups in total. The van der Waals surface area contributed by atoms with Crippen LogP contribution in [0.1, 0.15) is 35.9 Å². The lowest BCUT2D eigenvalue weighted by Gasteiger charge is -2.33. The van der Waals surface area contributed by atoms with E-state index >= 15 is 0 Å². The van der Waals surface area contributed by atoms with E-state index in [1.165, 1.54) is 5.69 Å². The minimum absolute atomic E-state index is 0.361. The van der Waals surface area contributed by atoms with Crippen molar-refractivity contribution in [2.75, 3.05) is 24.6 Å². The Kier molecular flexibility index (Phi) is 5.41. The van der Waals surface area contributed by atoms with Gasteiger partial charge in [0.15, 0.2) is 0 Å². The molecular formula is C19H23N3O2. The third-order valence-electron chi connectivity index (χ3n) is 4.42. The van der Waals surface area contributed by atoms with E-state index < -0.39 is 0 Å². The molecule has 2 aromatic rings. The number of para-hydroxylation sites is 1. The molecule has 0 radical (unpaired) electrons. The highest BCUT2D eigenvalue weighted by molar-refractivity contribution is 5.88. The van der Waals surface area contributed by atoms with E-state index in [9.17, 15) is 4.79 Å². The highest BCUT2D eigenvalue weighted by Crippen LogP contribution is 2.24. The molecule has 0 saturated carbocycles. The van der Waals surface area contributed by atoms with E-state index in [2.05, 4.69) is 39.1 Å². The molecule has 24 heavy (non-hydrogen) atoms. The Hall–Kier alpha value is -2.43. The van der Waals surface area contributed by atoms with Gasteiger partial charge in [0.1, 0.15) is 5.82 Å². The summed E-state index contributed by atoms with van der Waals surface area (Å²) in [6, 6.07) is 10.5. The Bertz CT molecular complexity index is 650. The summed E-state index contributed by atoms with van der Waals surface area (Å²) in [5.41, 5.74) is 1.71. The molecule has 0 spiro atoms. The third-order valence-corrected chi connectivity index (χ3v) is 4.42. The standard InChI is InChI=1S/C19H23N3O2/c1-2-24-19(23)16-13-20-18(21-14-16)12-15-8-10-22(11-9-15)17-6-4-3-5-7-17/h3-7,13-15H,2,8-12H2,1H3. The Morgan fingerprint density at radius 1 is 1.17 bits per heavy atom. The monoisotopic (exact) mass is 325 g/mol. The van der Waals surface area contributed by atoms with Crippen molar-refractivity contribution in [1.29, 1.82) is 0 Å². The zero-order valence-electron chi connectivity index (χ0n) is 14.0. The molecule has 1 aromatic heterocycles. The van der Waals surface area contributed by atoms with Crippen molar-refractivity contribution in [2.24, 2.45) is 5.92 Å². The number of esters is 1. The summed E-state index contributed by atoms with van der Waals surface area (Å²) in [6.45, 7) is 4.28. The van der Waals surface area contributed by atoms with Crippen molar-refractivity contribution in [3.8, 4) is 0 Å². The molecular weight excluding hydrogens is 302 g/mol. The number of hydrogen-bond acceptors (Lipinski definition) is 5. The van der Waals surface area contributed by atoms with E-state index in [1.54, 1.807) is 19.3 Å². The van der Waals surface area contributed by atoms with Crippen LogP contribution in [0.25, 0.3) is 0 Å². The number of benzene rings is 1. The van der Waals surface area contributed by atoms with Crippen LogP contribution in [0.2, 0.25) is 0 Å². The predicted octanol–water partition coefficient (Wildman–Crippen LogP) is 3.11. The molecule has 0 atom stereocenters. The molecule has 0 amide bonds. The first-order valence-corrected chi connectivity index (χ1v) is 8.54. The van der Waals surface area contributed by atoms with Gasteiger partial charge in [-0.15, -0.1) is 0 Å². The molecule has 0 bridgehead atoms. The van der Waals surface area contributed by atoms with Crippen LogP contribution in [-0.2, 0) is 11.2 Å². The number of nitrogens with zero attached hydrogens (tertiary/aromatic N) is 3. The van der Waals surface area contributed by atoms with Crippen molar-refractivity contribution < 1.29 is 9.53 Å². The third kappa shape index (κ3) is 4.10. The molecule has 0 aliphatic carbocycles. The number of carbonyl (C=O) groups excluding carboxylic acids is 1. The molecule has 1 saturated heterocycles. The van der Waals surface area contributed by atoms with Crippen molar-refractivity contribution >= 4 is 11.7 Å². The molecule has 5 heteroatoms. The summed E-state index contributed by atoms with van der Waals surface area (Å²) < 4.78 is 4.95. The number of ether oxygens (including phenoxy) is 1. The molecule has 0 unspecified atom stereocenters. The highest BCUT2D eigenvalue weighted by atomic mass is 16.5. The Balaban J connectivity index is 1.52. The predicted molar refractivity (Wildman–Crippen MR) is 93.1 cm³/mol. The quantitative estimate of drug-likeness (QED) is 0.791. The van der Waals surface area contributed by atoms with Gasteiger partial charge in [-0.3, -0.25) is 0 Å². The Labute approximate surface area is 142 Å².